The van der Waals surface area contributed by atoms with E-state index in [0.717, 1.165) is 11.1 Å². The number of hydrogen-bond acceptors (Lipinski definition) is 4. The Kier molecular flexibility index (Phi) is 8.37. The quantitative estimate of drug-likeness (QED) is 0.339. The van der Waals surface area contributed by atoms with Gasteiger partial charge in [-0.05, 0) is 16.7 Å². The van der Waals surface area contributed by atoms with Crippen molar-refractivity contribution in [2.24, 2.45) is 5.92 Å². The Balaban J connectivity index is 1.87. The third-order valence-corrected chi connectivity index (χ3v) is 4.29. The Bertz CT molecular complexity index is 760. The minimum absolute atomic E-state index is 0.0857. The number of carbonyl (C=O) groups is 2. The molecule has 0 aliphatic rings. The summed E-state index contributed by atoms with van der Waals surface area (Å²) < 4.78 is 10.5. The predicted octanol–water partition coefficient (Wildman–Crippen LogP) is 4.84. The highest BCUT2D eigenvalue weighted by atomic mass is 35.5. The normalized spacial score (nSPS) is 11.7. The molecule has 2 aromatic rings. The molecule has 0 amide bonds. The van der Waals surface area contributed by atoms with Gasteiger partial charge in [-0.3, -0.25) is 9.59 Å². The Hall–Kier alpha value is -2.30. The number of alkyl halides is 2. The first kappa shape index (κ1) is 21.0. The molecule has 6 heteroatoms. The summed E-state index contributed by atoms with van der Waals surface area (Å²) in [6.45, 7) is 4.00. The predicted molar refractivity (Wildman–Crippen MR) is 105 cm³/mol. The van der Waals surface area contributed by atoms with Crippen LogP contribution in [0.4, 0.5) is 0 Å². The van der Waals surface area contributed by atoms with Crippen LogP contribution in [0.25, 0.3) is 0 Å². The maximum atomic E-state index is 12.4. The van der Waals surface area contributed by atoms with Crippen molar-refractivity contribution in [2.45, 2.75) is 24.5 Å². The molecule has 27 heavy (non-hydrogen) atoms. The zero-order valence-electron chi connectivity index (χ0n) is 14.6. The van der Waals surface area contributed by atoms with Crippen molar-refractivity contribution in [3.05, 3.63) is 83.9 Å². The summed E-state index contributed by atoms with van der Waals surface area (Å²) in [5.74, 6) is -2.16. The molecule has 0 aliphatic carbocycles. The van der Waals surface area contributed by atoms with Gasteiger partial charge in [0.05, 0.1) is 6.42 Å². The number of halogens is 2. The number of rotatable bonds is 9. The van der Waals surface area contributed by atoms with Crippen molar-refractivity contribution in [2.75, 3.05) is 0 Å². The third-order valence-electron chi connectivity index (χ3n) is 3.78. The molecule has 0 saturated carbocycles. The molecule has 0 bridgehead atoms. The third kappa shape index (κ3) is 7.08. The highest BCUT2D eigenvalue weighted by Gasteiger charge is 2.31. The van der Waals surface area contributed by atoms with Crippen LogP contribution in [0.2, 0.25) is 0 Å². The van der Waals surface area contributed by atoms with E-state index in [9.17, 15) is 9.59 Å². The highest BCUT2D eigenvalue weighted by Crippen LogP contribution is 2.26. The van der Waals surface area contributed by atoms with Crippen LogP contribution in [-0.2, 0) is 32.3 Å². The molecule has 0 spiro atoms. The molecular formula is C21H20Cl2O4. The Labute approximate surface area is 168 Å². The van der Waals surface area contributed by atoms with E-state index in [4.69, 9.17) is 32.7 Å². The minimum atomic E-state index is -1.08. The second kappa shape index (κ2) is 10.8. The van der Waals surface area contributed by atoms with Gasteiger partial charge in [0.1, 0.15) is 24.0 Å². The van der Waals surface area contributed by atoms with Crippen LogP contribution in [0, 0.1) is 5.92 Å². The number of ether oxygens (including phenoxy) is 2. The first-order valence-electron chi connectivity index (χ1n) is 8.33. The van der Waals surface area contributed by atoms with Gasteiger partial charge in [-0.2, -0.15) is 0 Å². The van der Waals surface area contributed by atoms with Crippen molar-refractivity contribution in [3.8, 4) is 0 Å². The van der Waals surface area contributed by atoms with E-state index < -0.39 is 22.7 Å². The number of esters is 2. The second-order valence-corrected chi connectivity index (χ2v) is 7.05. The van der Waals surface area contributed by atoms with E-state index in [2.05, 4.69) is 6.58 Å². The smallest absolute Gasteiger partial charge is 0.316 e. The summed E-state index contributed by atoms with van der Waals surface area (Å²) in [7, 11) is 0. The number of benzene rings is 2. The molecule has 0 aromatic heterocycles. The maximum Gasteiger partial charge on any atom is 0.316 e. The molecule has 0 radical (unpaired) electrons. The molecule has 1 atom stereocenters. The van der Waals surface area contributed by atoms with Gasteiger partial charge in [0.2, 0.25) is 0 Å². The van der Waals surface area contributed by atoms with Crippen molar-refractivity contribution >= 4 is 35.1 Å². The molecular weight excluding hydrogens is 387 g/mol. The van der Waals surface area contributed by atoms with Gasteiger partial charge in [-0.15, -0.1) is 23.2 Å². The van der Waals surface area contributed by atoms with Crippen molar-refractivity contribution in [1.82, 2.24) is 0 Å². The zero-order valence-corrected chi connectivity index (χ0v) is 16.2. The summed E-state index contributed by atoms with van der Waals surface area (Å²) in [6, 6.07) is 18.5. The summed E-state index contributed by atoms with van der Waals surface area (Å²) in [6.07, 6.45) is -0.173. The molecule has 4 nitrogen and oxygen atoms in total. The first-order valence-corrected chi connectivity index (χ1v) is 9.20. The van der Waals surface area contributed by atoms with Gasteiger partial charge in [0.15, 0.2) is 0 Å². The SMILES string of the molecule is C=C(CC(=O)OCc1ccccc1)C(C(=O)OCc1ccccc1)C(Cl)Cl. The summed E-state index contributed by atoms with van der Waals surface area (Å²) in [4.78, 5) is 23.3. The fraction of sp³-hybridized carbons (Fsp3) is 0.238. The zero-order chi connectivity index (χ0) is 19.6. The summed E-state index contributed by atoms with van der Waals surface area (Å²) in [5.41, 5.74) is 1.95. The van der Waals surface area contributed by atoms with Gasteiger partial charge in [-0.25, -0.2) is 0 Å². The average molecular weight is 407 g/mol. The lowest BCUT2D eigenvalue weighted by atomic mass is 9.99. The fourth-order valence-electron chi connectivity index (χ4n) is 2.35. The molecule has 1 unspecified atom stereocenters. The molecule has 0 saturated heterocycles. The van der Waals surface area contributed by atoms with E-state index in [1.54, 1.807) is 0 Å². The maximum absolute atomic E-state index is 12.4. The van der Waals surface area contributed by atoms with Gasteiger partial charge < -0.3 is 9.47 Å². The lowest BCUT2D eigenvalue weighted by Gasteiger charge is -2.19. The van der Waals surface area contributed by atoms with Crippen LogP contribution in [0.3, 0.4) is 0 Å². The standard InChI is InChI=1S/C21H20Cl2O4/c1-15(12-18(24)26-13-16-8-4-2-5-9-16)19(20(22)23)21(25)27-14-17-10-6-3-7-11-17/h2-11,19-20H,1,12-14H2. The van der Waals surface area contributed by atoms with E-state index in [-0.39, 0.29) is 25.2 Å². The van der Waals surface area contributed by atoms with Crippen LogP contribution in [0.5, 0.6) is 0 Å². The fourth-order valence-corrected chi connectivity index (χ4v) is 2.91. The van der Waals surface area contributed by atoms with Crippen molar-refractivity contribution < 1.29 is 19.1 Å². The Morgan fingerprint density at radius 3 is 1.81 bits per heavy atom. The van der Waals surface area contributed by atoms with Gasteiger partial charge >= 0.3 is 11.9 Å². The van der Waals surface area contributed by atoms with Gasteiger partial charge in [0.25, 0.3) is 0 Å². The van der Waals surface area contributed by atoms with E-state index in [1.807, 2.05) is 60.7 Å². The average Bonchev–Trinajstić information content (AvgIpc) is 2.66. The topological polar surface area (TPSA) is 52.6 Å². The lowest BCUT2D eigenvalue weighted by Crippen LogP contribution is -2.26. The number of hydrogen-bond donors (Lipinski definition) is 0. The highest BCUT2D eigenvalue weighted by molar-refractivity contribution is 6.45. The number of carbonyl (C=O) groups excluding carboxylic acids is 2. The molecule has 142 valence electrons. The molecule has 0 fully saturated rings. The molecule has 2 aromatic carbocycles. The minimum Gasteiger partial charge on any atom is -0.461 e. The van der Waals surface area contributed by atoms with Crippen LogP contribution in [0.1, 0.15) is 17.5 Å². The molecule has 2 rings (SSSR count). The first-order chi connectivity index (χ1) is 13.0. The van der Waals surface area contributed by atoms with Gasteiger partial charge in [-0.1, -0.05) is 67.2 Å². The monoisotopic (exact) mass is 406 g/mol. The van der Waals surface area contributed by atoms with E-state index in [0.29, 0.717) is 0 Å². The van der Waals surface area contributed by atoms with Crippen molar-refractivity contribution in [3.63, 3.8) is 0 Å². The lowest BCUT2D eigenvalue weighted by molar-refractivity contribution is -0.148. The summed E-state index contributed by atoms with van der Waals surface area (Å²) >= 11 is 11.8. The van der Waals surface area contributed by atoms with Crippen LogP contribution >= 0.6 is 23.2 Å². The summed E-state index contributed by atoms with van der Waals surface area (Å²) in [5, 5.41) is 0. The Morgan fingerprint density at radius 1 is 0.852 bits per heavy atom. The Morgan fingerprint density at radius 2 is 1.33 bits per heavy atom. The molecule has 0 aliphatic heterocycles. The van der Waals surface area contributed by atoms with Crippen LogP contribution < -0.4 is 0 Å². The largest absolute Gasteiger partial charge is 0.461 e. The van der Waals surface area contributed by atoms with Gasteiger partial charge in [0, 0.05) is 0 Å². The van der Waals surface area contributed by atoms with E-state index >= 15 is 0 Å². The van der Waals surface area contributed by atoms with Crippen LogP contribution in [0.15, 0.2) is 72.8 Å². The van der Waals surface area contributed by atoms with Crippen LogP contribution in [-0.4, -0.2) is 16.8 Å². The van der Waals surface area contributed by atoms with E-state index in [1.165, 1.54) is 0 Å². The second-order valence-electron chi connectivity index (χ2n) is 5.89. The molecule has 0 heterocycles. The molecule has 0 N–H and O–H groups in total. The van der Waals surface area contributed by atoms with Crippen molar-refractivity contribution in [1.29, 1.82) is 0 Å².